The summed E-state index contributed by atoms with van der Waals surface area (Å²) in [6.07, 6.45) is 3.32. The SMILES string of the molecule is O=C(O)C1CCC(C(=O)Nc2cc3ccccc3cn2)C1. The summed E-state index contributed by atoms with van der Waals surface area (Å²) in [5, 5.41) is 13.8. The molecule has 3 rings (SSSR count). The number of hydrogen-bond acceptors (Lipinski definition) is 3. The first-order valence-electron chi connectivity index (χ1n) is 7.02. The van der Waals surface area contributed by atoms with Crippen LogP contribution in [0.25, 0.3) is 10.8 Å². The minimum atomic E-state index is -0.811. The van der Waals surface area contributed by atoms with Gasteiger partial charge in [-0.15, -0.1) is 0 Å². The maximum atomic E-state index is 12.2. The Kier molecular flexibility index (Phi) is 3.56. The lowest BCUT2D eigenvalue weighted by molar-refractivity contribution is -0.141. The number of rotatable bonds is 3. The number of carbonyl (C=O) groups is 2. The Morgan fingerprint density at radius 3 is 2.57 bits per heavy atom. The van der Waals surface area contributed by atoms with Crippen molar-refractivity contribution in [2.75, 3.05) is 5.32 Å². The summed E-state index contributed by atoms with van der Waals surface area (Å²) in [6, 6.07) is 9.62. The standard InChI is InChI=1S/C16H16N2O3/c19-15(11-5-6-12(7-11)16(20)21)18-14-8-10-3-1-2-4-13(10)9-17-14/h1-4,8-9,11-12H,5-7H2,(H,20,21)(H,17,18,19). The molecule has 1 aromatic carbocycles. The Bertz CT molecular complexity index is 699. The molecule has 2 N–H and O–H groups in total. The van der Waals surface area contributed by atoms with E-state index >= 15 is 0 Å². The molecule has 1 aliphatic carbocycles. The number of amides is 1. The largest absolute Gasteiger partial charge is 0.481 e. The maximum absolute atomic E-state index is 12.2. The lowest BCUT2D eigenvalue weighted by Gasteiger charge is -2.10. The highest BCUT2D eigenvalue weighted by atomic mass is 16.4. The van der Waals surface area contributed by atoms with Crippen molar-refractivity contribution in [1.82, 2.24) is 4.98 Å². The number of nitrogens with one attached hydrogen (secondary N) is 1. The molecule has 21 heavy (non-hydrogen) atoms. The van der Waals surface area contributed by atoms with E-state index in [1.807, 2.05) is 30.3 Å². The van der Waals surface area contributed by atoms with Crippen LogP contribution in [-0.2, 0) is 9.59 Å². The summed E-state index contributed by atoms with van der Waals surface area (Å²) in [4.78, 5) is 27.3. The Morgan fingerprint density at radius 2 is 1.86 bits per heavy atom. The fraction of sp³-hybridized carbons (Fsp3) is 0.312. The number of nitrogens with zero attached hydrogens (tertiary/aromatic N) is 1. The van der Waals surface area contributed by atoms with E-state index in [0.29, 0.717) is 25.1 Å². The number of aliphatic carboxylic acids is 1. The Labute approximate surface area is 122 Å². The van der Waals surface area contributed by atoms with E-state index in [1.165, 1.54) is 0 Å². The minimum absolute atomic E-state index is 0.137. The van der Waals surface area contributed by atoms with Gasteiger partial charge in [-0.1, -0.05) is 24.3 Å². The molecule has 0 spiro atoms. The van der Waals surface area contributed by atoms with Crippen molar-refractivity contribution in [2.24, 2.45) is 11.8 Å². The van der Waals surface area contributed by atoms with Crippen LogP contribution in [0.15, 0.2) is 36.5 Å². The molecule has 5 heteroatoms. The van der Waals surface area contributed by atoms with Gasteiger partial charge in [-0.25, -0.2) is 4.98 Å². The van der Waals surface area contributed by atoms with Crippen molar-refractivity contribution in [3.05, 3.63) is 36.5 Å². The van der Waals surface area contributed by atoms with E-state index in [0.717, 1.165) is 10.8 Å². The Hall–Kier alpha value is -2.43. The molecule has 1 amide bonds. The van der Waals surface area contributed by atoms with Crippen LogP contribution in [0.4, 0.5) is 5.82 Å². The third-order valence-corrected chi connectivity index (χ3v) is 4.03. The number of hydrogen-bond donors (Lipinski definition) is 2. The van der Waals surface area contributed by atoms with Crippen molar-refractivity contribution in [3.8, 4) is 0 Å². The number of aromatic nitrogens is 1. The van der Waals surface area contributed by atoms with E-state index in [4.69, 9.17) is 5.11 Å². The van der Waals surface area contributed by atoms with E-state index in [1.54, 1.807) is 6.20 Å². The third-order valence-electron chi connectivity index (χ3n) is 4.03. The third kappa shape index (κ3) is 2.86. The van der Waals surface area contributed by atoms with Gasteiger partial charge in [-0.05, 0) is 30.7 Å². The van der Waals surface area contributed by atoms with Crippen LogP contribution in [0.5, 0.6) is 0 Å². The van der Waals surface area contributed by atoms with E-state index in [9.17, 15) is 9.59 Å². The Morgan fingerprint density at radius 1 is 1.14 bits per heavy atom. The molecule has 1 aliphatic rings. The number of carbonyl (C=O) groups excluding carboxylic acids is 1. The van der Waals surface area contributed by atoms with Gasteiger partial charge in [0.15, 0.2) is 0 Å². The number of anilines is 1. The summed E-state index contributed by atoms with van der Waals surface area (Å²) in [5.41, 5.74) is 0. The zero-order valence-corrected chi connectivity index (χ0v) is 11.5. The summed E-state index contributed by atoms with van der Waals surface area (Å²) in [6.45, 7) is 0. The van der Waals surface area contributed by atoms with Gasteiger partial charge >= 0.3 is 5.97 Å². The van der Waals surface area contributed by atoms with Crippen molar-refractivity contribution in [3.63, 3.8) is 0 Å². The average Bonchev–Trinajstić information content (AvgIpc) is 2.97. The van der Waals surface area contributed by atoms with Gasteiger partial charge in [0.1, 0.15) is 5.82 Å². The molecular formula is C16H16N2O3. The summed E-state index contributed by atoms with van der Waals surface area (Å²) in [7, 11) is 0. The molecule has 0 bridgehead atoms. The second-order valence-corrected chi connectivity index (χ2v) is 5.45. The summed E-state index contributed by atoms with van der Waals surface area (Å²) >= 11 is 0. The van der Waals surface area contributed by atoms with E-state index < -0.39 is 11.9 Å². The molecule has 1 fully saturated rings. The number of carboxylic acids is 1. The first-order valence-corrected chi connectivity index (χ1v) is 7.02. The van der Waals surface area contributed by atoms with Gasteiger partial charge < -0.3 is 10.4 Å². The van der Waals surface area contributed by atoms with Gasteiger partial charge in [0, 0.05) is 17.5 Å². The second kappa shape index (κ2) is 5.52. The van der Waals surface area contributed by atoms with Crippen molar-refractivity contribution in [2.45, 2.75) is 19.3 Å². The minimum Gasteiger partial charge on any atom is -0.481 e. The molecule has 2 unspecified atom stereocenters. The van der Waals surface area contributed by atoms with Crippen LogP contribution in [0.3, 0.4) is 0 Å². The molecule has 1 saturated carbocycles. The number of benzene rings is 1. The molecule has 0 aliphatic heterocycles. The predicted molar refractivity (Wildman–Crippen MR) is 78.8 cm³/mol. The van der Waals surface area contributed by atoms with Crippen molar-refractivity contribution < 1.29 is 14.7 Å². The maximum Gasteiger partial charge on any atom is 0.306 e. The molecule has 2 aromatic rings. The summed E-state index contributed by atoms with van der Waals surface area (Å²) in [5.74, 6) is -1.07. The number of fused-ring (bicyclic) bond motifs is 1. The van der Waals surface area contributed by atoms with Gasteiger partial charge in [0.25, 0.3) is 0 Å². The van der Waals surface area contributed by atoms with Crippen LogP contribution in [0.2, 0.25) is 0 Å². The zero-order valence-electron chi connectivity index (χ0n) is 11.5. The molecule has 2 atom stereocenters. The number of pyridine rings is 1. The molecule has 108 valence electrons. The summed E-state index contributed by atoms with van der Waals surface area (Å²) < 4.78 is 0. The zero-order chi connectivity index (χ0) is 14.8. The molecule has 1 heterocycles. The topological polar surface area (TPSA) is 79.3 Å². The van der Waals surface area contributed by atoms with E-state index in [2.05, 4.69) is 10.3 Å². The number of carboxylic acid groups (broad SMARTS) is 1. The molecule has 5 nitrogen and oxygen atoms in total. The molecule has 1 aromatic heterocycles. The lowest BCUT2D eigenvalue weighted by atomic mass is 10.0. The van der Waals surface area contributed by atoms with Crippen LogP contribution < -0.4 is 5.32 Å². The fourth-order valence-electron chi connectivity index (χ4n) is 2.82. The van der Waals surface area contributed by atoms with E-state index in [-0.39, 0.29) is 11.8 Å². The van der Waals surface area contributed by atoms with Gasteiger partial charge in [-0.3, -0.25) is 9.59 Å². The quantitative estimate of drug-likeness (QED) is 0.908. The molecular weight excluding hydrogens is 268 g/mol. The van der Waals surface area contributed by atoms with Gasteiger partial charge in [0.05, 0.1) is 5.92 Å². The van der Waals surface area contributed by atoms with Gasteiger partial charge in [-0.2, -0.15) is 0 Å². The van der Waals surface area contributed by atoms with Crippen molar-refractivity contribution in [1.29, 1.82) is 0 Å². The average molecular weight is 284 g/mol. The van der Waals surface area contributed by atoms with Gasteiger partial charge in [0.2, 0.25) is 5.91 Å². The smallest absolute Gasteiger partial charge is 0.306 e. The first-order chi connectivity index (χ1) is 10.1. The molecule has 0 radical (unpaired) electrons. The van der Waals surface area contributed by atoms with Crippen LogP contribution in [0, 0.1) is 11.8 Å². The van der Waals surface area contributed by atoms with Crippen LogP contribution >= 0.6 is 0 Å². The second-order valence-electron chi connectivity index (χ2n) is 5.45. The predicted octanol–water partition coefficient (Wildman–Crippen LogP) is 2.67. The first kappa shape index (κ1) is 13.5. The highest BCUT2D eigenvalue weighted by molar-refractivity contribution is 5.94. The highest BCUT2D eigenvalue weighted by Crippen LogP contribution is 2.31. The van der Waals surface area contributed by atoms with Crippen LogP contribution in [0.1, 0.15) is 19.3 Å². The lowest BCUT2D eigenvalue weighted by Crippen LogP contribution is -2.22. The Balaban J connectivity index is 1.70. The highest BCUT2D eigenvalue weighted by Gasteiger charge is 2.33. The monoisotopic (exact) mass is 284 g/mol. The van der Waals surface area contributed by atoms with Crippen LogP contribution in [-0.4, -0.2) is 22.0 Å². The van der Waals surface area contributed by atoms with Crippen molar-refractivity contribution >= 4 is 28.5 Å². The molecule has 0 saturated heterocycles. The fourth-order valence-corrected chi connectivity index (χ4v) is 2.82. The normalized spacial score (nSPS) is 21.3.